The zero-order chi connectivity index (χ0) is 25.9. The van der Waals surface area contributed by atoms with Crippen molar-refractivity contribution in [2.24, 2.45) is 0 Å². The van der Waals surface area contributed by atoms with Crippen molar-refractivity contribution < 1.29 is 14.7 Å². The Morgan fingerprint density at radius 2 is 2.00 bits per heavy atom. The number of aromatic nitrogens is 4. The Kier molecular flexibility index (Phi) is 7.18. The lowest BCUT2D eigenvalue weighted by Gasteiger charge is -2.32. The smallest absolute Gasteiger partial charge is 0.320 e. The molecule has 3 aliphatic heterocycles. The second-order valence-electron chi connectivity index (χ2n) is 9.92. The number of likely N-dealkylation sites (tertiary alicyclic amines) is 1. The summed E-state index contributed by atoms with van der Waals surface area (Å²) in [6, 6.07) is 1.68. The lowest BCUT2D eigenvalue weighted by Crippen LogP contribution is -2.44. The average Bonchev–Trinajstić information content (AvgIpc) is 3.54. The predicted molar refractivity (Wildman–Crippen MR) is 138 cm³/mol. The average molecular weight is 504 g/mol. The molecule has 0 aromatic carbocycles. The second kappa shape index (κ2) is 10.7. The number of fused-ring (bicyclic) bond motifs is 2. The van der Waals surface area contributed by atoms with E-state index in [1.807, 2.05) is 19.1 Å². The van der Waals surface area contributed by atoms with Crippen LogP contribution in [0.25, 0.3) is 5.57 Å². The van der Waals surface area contributed by atoms with Crippen molar-refractivity contribution in [3.05, 3.63) is 71.2 Å². The summed E-state index contributed by atoms with van der Waals surface area (Å²) in [5, 5.41) is 21.2. The van der Waals surface area contributed by atoms with Crippen molar-refractivity contribution in [2.75, 3.05) is 19.6 Å². The third-order valence-electron chi connectivity index (χ3n) is 7.16. The number of rotatable bonds is 5. The van der Waals surface area contributed by atoms with Gasteiger partial charge in [0.05, 0.1) is 6.10 Å². The molecule has 194 valence electrons. The van der Waals surface area contributed by atoms with E-state index in [0.717, 1.165) is 54.2 Å². The molecule has 0 radical (unpaired) electrons. The van der Waals surface area contributed by atoms with E-state index in [4.69, 9.17) is 0 Å². The van der Waals surface area contributed by atoms with Gasteiger partial charge in [-0.05, 0) is 61.4 Å². The van der Waals surface area contributed by atoms with E-state index >= 15 is 0 Å². The van der Waals surface area contributed by atoms with Crippen LogP contribution >= 0.6 is 0 Å². The fourth-order valence-electron chi connectivity index (χ4n) is 5.08. The molecule has 5 rings (SSSR count). The van der Waals surface area contributed by atoms with Crippen molar-refractivity contribution in [2.45, 2.75) is 58.2 Å². The fraction of sp³-hybridized carbons (Fsp3) is 0.444. The Bertz CT molecular complexity index is 1280. The summed E-state index contributed by atoms with van der Waals surface area (Å²) in [4.78, 5) is 33.4. The summed E-state index contributed by atoms with van der Waals surface area (Å²) >= 11 is 0. The third kappa shape index (κ3) is 5.48. The van der Waals surface area contributed by atoms with Crippen LogP contribution in [0.5, 0.6) is 0 Å². The maximum Gasteiger partial charge on any atom is 0.320 e. The minimum absolute atomic E-state index is 0.0708. The Balaban J connectivity index is 1.19. The highest BCUT2D eigenvalue weighted by molar-refractivity contribution is 5.94. The number of aliphatic hydroxyl groups is 1. The number of pyridine rings is 1. The molecule has 0 aliphatic carbocycles. The molecule has 2 N–H and O–H groups in total. The zero-order valence-electron chi connectivity index (χ0n) is 21.2. The van der Waals surface area contributed by atoms with Crippen LogP contribution in [-0.2, 0) is 25.9 Å². The van der Waals surface area contributed by atoms with Crippen LogP contribution in [0.15, 0.2) is 42.8 Å². The van der Waals surface area contributed by atoms with Gasteiger partial charge in [0.1, 0.15) is 11.5 Å². The predicted octanol–water partition coefficient (Wildman–Crippen LogP) is 2.46. The standard InChI is InChI=1S/C27H33N7O3/c1-18(25-31-30-24-8-3-4-11-34(24)25)6-5-7-19(2)29-26(36)23-14-21-16-32(12-9-20(21)15-28-23)27(37)33-13-10-22(35)17-33/h5-7,14-15,22,35H,2-4,8-13,16-17H2,1H3,(H,29,36)/b7-5-,18-6+. The maximum atomic E-state index is 12.8. The molecule has 2 aromatic heterocycles. The number of urea groups is 1. The first-order valence-electron chi connectivity index (χ1n) is 12.9. The van der Waals surface area contributed by atoms with Crippen LogP contribution in [0.4, 0.5) is 4.79 Å². The molecule has 1 fully saturated rings. The first-order chi connectivity index (χ1) is 17.9. The molecule has 2 aromatic rings. The Hall–Kier alpha value is -3.79. The van der Waals surface area contributed by atoms with Gasteiger partial charge in [-0.25, -0.2) is 4.79 Å². The SMILES string of the molecule is C=C(/C=C\C=C(/C)c1nnc2n1CCCC2)NC(=O)c1cc2c(cn1)CCN(C(=O)N1CCC(O)C1)C2. The van der Waals surface area contributed by atoms with Crippen LogP contribution in [-0.4, -0.2) is 72.3 Å². The first kappa shape index (κ1) is 24.9. The summed E-state index contributed by atoms with van der Waals surface area (Å²) < 4.78 is 2.17. The highest BCUT2D eigenvalue weighted by Crippen LogP contribution is 2.22. The number of aryl methyl sites for hydroxylation is 1. The normalized spacial score (nSPS) is 19.6. The lowest BCUT2D eigenvalue weighted by atomic mass is 10.0. The number of carbonyl (C=O) groups is 2. The molecule has 10 nitrogen and oxygen atoms in total. The number of nitrogens with zero attached hydrogens (tertiary/aromatic N) is 6. The molecular formula is C27H33N7O3. The monoisotopic (exact) mass is 503 g/mol. The van der Waals surface area contributed by atoms with Crippen LogP contribution in [0, 0.1) is 0 Å². The molecule has 3 aliphatic rings. The number of hydrogen-bond acceptors (Lipinski definition) is 6. The van der Waals surface area contributed by atoms with E-state index in [9.17, 15) is 14.7 Å². The van der Waals surface area contributed by atoms with Gasteiger partial charge in [-0.1, -0.05) is 18.7 Å². The molecule has 0 bridgehead atoms. The van der Waals surface area contributed by atoms with Crippen LogP contribution < -0.4 is 5.32 Å². The van der Waals surface area contributed by atoms with Crippen molar-refractivity contribution in [3.63, 3.8) is 0 Å². The van der Waals surface area contributed by atoms with E-state index in [0.29, 0.717) is 44.7 Å². The van der Waals surface area contributed by atoms with Gasteiger partial charge in [0.15, 0.2) is 5.82 Å². The van der Waals surface area contributed by atoms with Gasteiger partial charge in [0.2, 0.25) is 0 Å². The van der Waals surface area contributed by atoms with Crippen molar-refractivity contribution in [3.8, 4) is 0 Å². The Labute approximate surface area is 216 Å². The molecule has 10 heteroatoms. The molecule has 0 saturated carbocycles. The number of hydrogen-bond donors (Lipinski definition) is 2. The molecule has 1 unspecified atom stereocenters. The molecule has 5 heterocycles. The van der Waals surface area contributed by atoms with Crippen molar-refractivity contribution in [1.82, 2.24) is 34.9 Å². The molecule has 3 amide bonds. The van der Waals surface area contributed by atoms with E-state index in [1.165, 1.54) is 0 Å². The molecule has 0 spiro atoms. The van der Waals surface area contributed by atoms with Crippen molar-refractivity contribution in [1.29, 1.82) is 0 Å². The number of β-amino-alcohol motifs (C(OH)–C–C–N with tert-alkyl or cyclic N) is 1. The number of allylic oxidation sites excluding steroid dienone is 4. The van der Waals surface area contributed by atoms with E-state index in [1.54, 1.807) is 28.1 Å². The van der Waals surface area contributed by atoms with E-state index in [-0.39, 0.29) is 17.6 Å². The summed E-state index contributed by atoms with van der Waals surface area (Å²) in [5.74, 6) is 1.56. The number of amides is 3. The topological polar surface area (TPSA) is 116 Å². The van der Waals surface area contributed by atoms with Gasteiger partial charge in [-0.15, -0.1) is 10.2 Å². The minimum atomic E-state index is -0.449. The largest absolute Gasteiger partial charge is 0.391 e. The van der Waals surface area contributed by atoms with E-state index < -0.39 is 6.10 Å². The maximum absolute atomic E-state index is 12.8. The van der Waals surface area contributed by atoms with Gasteiger partial charge >= 0.3 is 6.03 Å². The first-order valence-corrected chi connectivity index (χ1v) is 12.9. The zero-order valence-corrected chi connectivity index (χ0v) is 21.2. The summed E-state index contributed by atoms with van der Waals surface area (Å²) in [7, 11) is 0. The quantitative estimate of drug-likeness (QED) is 0.606. The van der Waals surface area contributed by atoms with E-state index in [2.05, 4.69) is 31.6 Å². The number of aliphatic hydroxyl groups excluding tert-OH is 1. The van der Waals surface area contributed by atoms with Gasteiger partial charge in [0.25, 0.3) is 5.91 Å². The van der Waals surface area contributed by atoms with Crippen LogP contribution in [0.1, 0.15) is 59.5 Å². The highest BCUT2D eigenvalue weighted by Gasteiger charge is 2.30. The third-order valence-corrected chi connectivity index (χ3v) is 7.16. The van der Waals surface area contributed by atoms with Crippen molar-refractivity contribution >= 4 is 17.5 Å². The lowest BCUT2D eigenvalue weighted by molar-refractivity contribution is 0.0962. The van der Waals surface area contributed by atoms with Gasteiger partial charge < -0.3 is 24.8 Å². The Morgan fingerprint density at radius 3 is 2.81 bits per heavy atom. The van der Waals surface area contributed by atoms with Crippen LogP contribution in [0.3, 0.4) is 0 Å². The number of nitrogens with one attached hydrogen (secondary N) is 1. The van der Waals surface area contributed by atoms with Crippen LogP contribution in [0.2, 0.25) is 0 Å². The summed E-state index contributed by atoms with van der Waals surface area (Å²) in [6.45, 7) is 8.82. The minimum Gasteiger partial charge on any atom is -0.391 e. The van der Waals surface area contributed by atoms with Gasteiger partial charge in [-0.3, -0.25) is 9.78 Å². The Morgan fingerprint density at radius 1 is 1.14 bits per heavy atom. The number of carbonyl (C=O) groups excluding carboxylic acids is 2. The fourth-order valence-corrected chi connectivity index (χ4v) is 5.08. The van der Waals surface area contributed by atoms with Gasteiger partial charge in [0, 0.05) is 51.0 Å². The second-order valence-corrected chi connectivity index (χ2v) is 9.92. The molecule has 37 heavy (non-hydrogen) atoms. The molecule has 1 saturated heterocycles. The highest BCUT2D eigenvalue weighted by atomic mass is 16.3. The molecular weight excluding hydrogens is 470 g/mol. The molecule has 1 atom stereocenters. The van der Waals surface area contributed by atoms with Gasteiger partial charge in [-0.2, -0.15) is 0 Å². The summed E-state index contributed by atoms with van der Waals surface area (Å²) in [5.41, 5.74) is 3.67. The summed E-state index contributed by atoms with van der Waals surface area (Å²) in [6.07, 6.45) is 11.3.